The van der Waals surface area contributed by atoms with Crippen molar-refractivity contribution in [1.29, 1.82) is 5.26 Å². The second kappa shape index (κ2) is 3.87. The third kappa shape index (κ3) is 4.15. The van der Waals surface area contributed by atoms with Crippen LogP contribution in [0, 0.1) is 17.2 Å². The minimum atomic E-state index is -2.71. The van der Waals surface area contributed by atoms with Crippen molar-refractivity contribution in [1.82, 2.24) is 0 Å². The highest BCUT2D eigenvalue weighted by molar-refractivity contribution is 6.72. The molecule has 0 saturated heterocycles. The van der Waals surface area contributed by atoms with Gasteiger partial charge in [0.2, 0.25) is 0 Å². The van der Waals surface area contributed by atoms with E-state index in [-0.39, 0.29) is 5.54 Å². The fourth-order valence-electron chi connectivity index (χ4n) is 0.958. The van der Waals surface area contributed by atoms with Crippen LogP contribution in [0.15, 0.2) is 0 Å². The van der Waals surface area contributed by atoms with E-state index in [1.165, 1.54) is 0 Å². The van der Waals surface area contributed by atoms with Gasteiger partial charge in [-0.2, -0.15) is 5.26 Å². The Labute approximate surface area is 69.4 Å². The molecule has 1 atom stereocenters. The molecule has 0 rings (SSSR count). The van der Waals surface area contributed by atoms with Gasteiger partial charge >= 0.3 is 0 Å². The zero-order valence-electron chi connectivity index (χ0n) is 7.69. The lowest BCUT2D eigenvalue weighted by molar-refractivity contribution is 0.570. The van der Waals surface area contributed by atoms with Crippen molar-refractivity contribution in [3.05, 3.63) is 0 Å². The summed E-state index contributed by atoms with van der Waals surface area (Å²) in [5, 5.41) is 8.66. The Morgan fingerprint density at radius 3 is 2.00 bits per heavy atom. The molecule has 3 heteroatoms. The van der Waals surface area contributed by atoms with E-state index in [1.807, 2.05) is 13.8 Å². The van der Waals surface area contributed by atoms with Crippen LogP contribution in [0.25, 0.3) is 0 Å². The Hall–Kier alpha value is -0.363. The summed E-state index contributed by atoms with van der Waals surface area (Å²) in [6.07, 6.45) is 0.701. The Kier molecular flexibility index (Phi) is 3.74. The molecule has 0 heterocycles. The van der Waals surface area contributed by atoms with Crippen molar-refractivity contribution in [2.24, 2.45) is 5.92 Å². The van der Waals surface area contributed by atoms with Gasteiger partial charge in [-0.3, -0.25) is 0 Å². The normalized spacial score (nSPS) is 14.6. The van der Waals surface area contributed by atoms with Gasteiger partial charge in [-0.1, -0.05) is 13.8 Å². The highest BCUT2D eigenvalue weighted by Crippen LogP contribution is 2.28. The van der Waals surface area contributed by atoms with Gasteiger partial charge in [-0.25, -0.2) is 0 Å². The molecule has 1 nitrogen and oxygen atoms in total. The summed E-state index contributed by atoms with van der Waals surface area (Å²) in [5.41, 5.74) is -0.331. The first-order chi connectivity index (χ1) is 4.88. The van der Waals surface area contributed by atoms with Crippen LogP contribution in [0.3, 0.4) is 0 Å². The Morgan fingerprint density at radius 2 is 1.91 bits per heavy atom. The van der Waals surface area contributed by atoms with Crippen LogP contribution in [-0.4, -0.2) is 8.41 Å². The Balaban J connectivity index is 4.11. The monoisotopic (exact) mass is 173 g/mol. The van der Waals surface area contributed by atoms with E-state index < -0.39 is 8.41 Å². The van der Waals surface area contributed by atoms with Crippen LogP contribution in [0.2, 0.25) is 18.6 Å². The lowest BCUT2D eigenvalue weighted by atomic mass is 10.1. The highest BCUT2D eigenvalue weighted by atomic mass is 28.4. The number of hydrogen-bond acceptors (Lipinski definition) is 1. The minimum Gasteiger partial charge on any atom is -0.313 e. The molecule has 0 N–H and O–H groups in total. The number of hydrogen-bond donors (Lipinski definition) is 0. The molecular weight excluding hydrogens is 157 g/mol. The fourth-order valence-corrected chi connectivity index (χ4v) is 2.30. The average molecular weight is 173 g/mol. The van der Waals surface area contributed by atoms with Crippen LogP contribution >= 0.6 is 0 Å². The first kappa shape index (κ1) is 10.6. The van der Waals surface area contributed by atoms with E-state index in [2.05, 4.69) is 6.07 Å². The molecule has 0 fully saturated rings. The summed E-state index contributed by atoms with van der Waals surface area (Å²) in [6, 6.07) is 2.06. The third-order valence-corrected chi connectivity index (χ3v) is 3.71. The van der Waals surface area contributed by atoms with Gasteiger partial charge in [0.15, 0.2) is 0 Å². The molecule has 0 aliphatic rings. The number of nitriles is 1. The predicted octanol–water partition coefficient (Wildman–Crippen LogP) is 3.10. The maximum Gasteiger partial charge on any atom is 0.257 e. The number of halogens is 1. The third-order valence-electron chi connectivity index (χ3n) is 1.69. The van der Waals surface area contributed by atoms with Gasteiger partial charge < -0.3 is 4.11 Å². The van der Waals surface area contributed by atoms with Crippen LogP contribution < -0.4 is 0 Å². The van der Waals surface area contributed by atoms with Gasteiger partial charge in [0.05, 0.1) is 11.6 Å². The lowest BCUT2D eigenvalue weighted by Gasteiger charge is -2.19. The van der Waals surface area contributed by atoms with Crippen molar-refractivity contribution >= 4 is 8.41 Å². The van der Waals surface area contributed by atoms with Crippen LogP contribution in [0.5, 0.6) is 0 Å². The summed E-state index contributed by atoms with van der Waals surface area (Å²) in [7, 11) is -2.71. The van der Waals surface area contributed by atoms with E-state index in [9.17, 15) is 4.11 Å². The van der Waals surface area contributed by atoms with Gasteiger partial charge in [-0.15, -0.1) is 0 Å². The van der Waals surface area contributed by atoms with Crippen molar-refractivity contribution in [2.45, 2.75) is 38.9 Å². The number of rotatable bonds is 3. The van der Waals surface area contributed by atoms with Crippen LogP contribution in [0.1, 0.15) is 20.3 Å². The van der Waals surface area contributed by atoms with Crippen molar-refractivity contribution in [3.63, 3.8) is 0 Å². The van der Waals surface area contributed by atoms with Crippen molar-refractivity contribution in [2.75, 3.05) is 0 Å². The molecule has 1 unspecified atom stereocenters. The van der Waals surface area contributed by atoms with Gasteiger partial charge in [0.25, 0.3) is 8.41 Å². The molecule has 0 aliphatic carbocycles. The second-order valence-corrected chi connectivity index (χ2v) is 7.70. The summed E-state index contributed by atoms with van der Waals surface area (Å²) >= 11 is 0. The van der Waals surface area contributed by atoms with Crippen molar-refractivity contribution in [3.8, 4) is 6.07 Å². The first-order valence-corrected chi connectivity index (χ1v) is 6.92. The summed E-state index contributed by atoms with van der Waals surface area (Å²) in [6.45, 7) is 7.24. The van der Waals surface area contributed by atoms with E-state index in [0.29, 0.717) is 12.3 Å². The molecule has 0 radical (unpaired) electrons. The van der Waals surface area contributed by atoms with E-state index in [0.717, 1.165) is 0 Å². The van der Waals surface area contributed by atoms with E-state index >= 15 is 0 Å². The molecule has 0 aliphatic heterocycles. The quantitative estimate of drug-likeness (QED) is 0.475. The summed E-state index contributed by atoms with van der Waals surface area (Å²) < 4.78 is 13.3. The molecule has 0 aromatic heterocycles. The maximum atomic E-state index is 13.3. The summed E-state index contributed by atoms with van der Waals surface area (Å²) in [5.74, 6) is 0.419. The zero-order valence-corrected chi connectivity index (χ0v) is 8.69. The van der Waals surface area contributed by atoms with Crippen LogP contribution in [-0.2, 0) is 0 Å². The first-order valence-electron chi connectivity index (χ1n) is 3.96. The van der Waals surface area contributed by atoms with Gasteiger partial charge in [-0.05, 0) is 25.4 Å². The topological polar surface area (TPSA) is 23.8 Å². The summed E-state index contributed by atoms with van der Waals surface area (Å²) in [4.78, 5) is 0. The minimum absolute atomic E-state index is 0.331. The van der Waals surface area contributed by atoms with E-state index in [1.54, 1.807) is 13.1 Å². The largest absolute Gasteiger partial charge is 0.313 e. The fraction of sp³-hybridized carbons (Fsp3) is 0.875. The van der Waals surface area contributed by atoms with Crippen molar-refractivity contribution < 1.29 is 4.11 Å². The number of nitrogens with zero attached hydrogens (tertiary/aromatic N) is 1. The standard InChI is InChI=1S/C8H16FNSi/c1-7(2)5-8(6-10)11(3,4)9/h7-8H,5H2,1-4H3. The molecule has 0 aromatic rings. The maximum absolute atomic E-state index is 13.3. The molecule has 0 amide bonds. The molecule has 11 heavy (non-hydrogen) atoms. The molecule has 64 valence electrons. The molecule has 0 aromatic carbocycles. The molecule has 0 saturated carbocycles. The average Bonchev–Trinajstić information content (AvgIpc) is 1.79. The molecule has 0 spiro atoms. The smallest absolute Gasteiger partial charge is 0.257 e. The highest BCUT2D eigenvalue weighted by Gasteiger charge is 2.33. The Morgan fingerprint density at radius 1 is 1.45 bits per heavy atom. The van der Waals surface area contributed by atoms with Gasteiger partial charge in [0, 0.05) is 0 Å². The van der Waals surface area contributed by atoms with Crippen LogP contribution in [0.4, 0.5) is 4.11 Å². The second-order valence-electron chi connectivity index (χ2n) is 3.88. The molecule has 0 bridgehead atoms. The Bertz CT molecular complexity index is 154. The van der Waals surface area contributed by atoms with E-state index in [4.69, 9.17) is 5.26 Å². The predicted molar refractivity (Wildman–Crippen MR) is 47.4 cm³/mol. The lowest BCUT2D eigenvalue weighted by Crippen LogP contribution is -2.26. The van der Waals surface area contributed by atoms with Gasteiger partial charge in [0.1, 0.15) is 0 Å². The SMILES string of the molecule is CC(C)CC(C#N)[Si](C)(C)F. The molecular formula is C8H16FNSi. The zero-order chi connectivity index (χ0) is 9.07.